The van der Waals surface area contributed by atoms with E-state index in [1.165, 1.54) is 36.2 Å². The molecule has 2 aliphatic carbocycles. The highest BCUT2D eigenvalue weighted by molar-refractivity contribution is 7.92. The van der Waals surface area contributed by atoms with Crippen LogP contribution in [0, 0.1) is 0 Å². The van der Waals surface area contributed by atoms with E-state index in [4.69, 9.17) is 0 Å². The second-order valence-electron chi connectivity index (χ2n) is 8.51. The van der Waals surface area contributed by atoms with Crippen molar-refractivity contribution in [2.45, 2.75) is 56.9 Å². The molecular formula is C24H30N4O3S. The first-order chi connectivity index (χ1) is 15.3. The fourth-order valence-corrected chi connectivity index (χ4v) is 5.92. The molecule has 0 saturated heterocycles. The van der Waals surface area contributed by atoms with Crippen molar-refractivity contribution in [3.63, 3.8) is 0 Å². The van der Waals surface area contributed by atoms with E-state index in [1.807, 2.05) is 6.07 Å². The Hall–Kier alpha value is -2.71. The second-order valence-corrected chi connectivity index (χ2v) is 10.6. The lowest BCUT2D eigenvalue weighted by atomic mass is 9.99. The number of carbonyl (C=O) groups is 2. The normalized spacial score (nSPS) is 16.1. The SMILES string of the molecule is CNS(=O)(=NC(=O)Nc1c2c(cc3c1CCC3)CCC2)c1cccc(CN(C)C(C)=O)c1. The maximum atomic E-state index is 13.6. The number of nitrogens with one attached hydrogen (secondary N) is 2. The van der Waals surface area contributed by atoms with E-state index in [0.717, 1.165) is 49.8 Å². The zero-order chi connectivity index (χ0) is 22.9. The average molecular weight is 455 g/mol. The molecule has 0 aliphatic heterocycles. The first-order valence-corrected chi connectivity index (χ1v) is 12.6. The molecular weight excluding hydrogens is 424 g/mol. The van der Waals surface area contributed by atoms with E-state index >= 15 is 0 Å². The number of carbonyl (C=O) groups excluding carboxylic acids is 2. The highest BCUT2D eigenvalue weighted by atomic mass is 32.2. The predicted octanol–water partition coefficient (Wildman–Crippen LogP) is 3.84. The summed E-state index contributed by atoms with van der Waals surface area (Å²) < 4.78 is 20.4. The number of amides is 3. The summed E-state index contributed by atoms with van der Waals surface area (Å²) in [5, 5.41) is 2.99. The van der Waals surface area contributed by atoms with Gasteiger partial charge in [0.1, 0.15) is 9.92 Å². The van der Waals surface area contributed by atoms with Crippen LogP contribution in [0.3, 0.4) is 0 Å². The molecule has 1 unspecified atom stereocenters. The summed E-state index contributed by atoms with van der Waals surface area (Å²) in [6.45, 7) is 1.88. The molecule has 0 fully saturated rings. The zero-order valence-electron chi connectivity index (χ0n) is 18.9. The molecule has 170 valence electrons. The van der Waals surface area contributed by atoms with Gasteiger partial charge in [-0.15, -0.1) is 4.36 Å². The average Bonchev–Trinajstić information content (AvgIpc) is 3.43. The molecule has 0 radical (unpaired) electrons. The minimum atomic E-state index is -3.17. The maximum Gasteiger partial charge on any atom is 0.354 e. The van der Waals surface area contributed by atoms with Gasteiger partial charge in [-0.05, 0) is 85.5 Å². The molecule has 0 bridgehead atoms. The molecule has 4 rings (SSSR count). The third-order valence-corrected chi connectivity index (χ3v) is 8.24. The molecule has 1 atom stereocenters. The molecule has 2 N–H and O–H groups in total. The van der Waals surface area contributed by atoms with Gasteiger partial charge in [0.05, 0.1) is 4.90 Å². The number of benzene rings is 2. The number of fused-ring (bicyclic) bond motifs is 2. The Balaban J connectivity index is 1.64. The molecule has 0 heterocycles. The van der Waals surface area contributed by atoms with Crippen molar-refractivity contribution in [2.75, 3.05) is 19.4 Å². The van der Waals surface area contributed by atoms with Gasteiger partial charge in [-0.1, -0.05) is 18.2 Å². The van der Waals surface area contributed by atoms with Crippen LogP contribution in [0.5, 0.6) is 0 Å². The number of hydrogen-bond donors (Lipinski definition) is 2. The number of urea groups is 1. The van der Waals surface area contributed by atoms with Gasteiger partial charge in [0, 0.05) is 26.2 Å². The van der Waals surface area contributed by atoms with Crippen LogP contribution in [-0.4, -0.2) is 35.1 Å². The van der Waals surface area contributed by atoms with E-state index in [9.17, 15) is 13.8 Å². The van der Waals surface area contributed by atoms with Crippen molar-refractivity contribution >= 4 is 27.5 Å². The van der Waals surface area contributed by atoms with Gasteiger partial charge in [0.15, 0.2) is 0 Å². The molecule has 0 spiro atoms. The van der Waals surface area contributed by atoms with Crippen molar-refractivity contribution in [1.82, 2.24) is 9.62 Å². The topological polar surface area (TPSA) is 90.9 Å². The lowest BCUT2D eigenvalue weighted by molar-refractivity contribution is -0.128. The van der Waals surface area contributed by atoms with Crippen molar-refractivity contribution in [3.05, 3.63) is 58.1 Å². The third kappa shape index (κ3) is 4.42. The highest BCUT2D eigenvalue weighted by Gasteiger charge is 2.25. The minimum absolute atomic E-state index is 0.0586. The quantitative estimate of drug-likeness (QED) is 0.719. The molecule has 32 heavy (non-hydrogen) atoms. The van der Waals surface area contributed by atoms with Crippen molar-refractivity contribution in [2.24, 2.45) is 4.36 Å². The van der Waals surface area contributed by atoms with E-state index in [-0.39, 0.29) is 5.91 Å². The van der Waals surface area contributed by atoms with Crippen molar-refractivity contribution in [1.29, 1.82) is 0 Å². The highest BCUT2D eigenvalue weighted by Crippen LogP contribution is 2.38. The van der Waals surface area contributed by atoms with Crippen LogP contribution in [0.4, 0.5) is 10.5 Å². The van der Waals surface area contributed by atoms with Crippen LogP contribution in [0.2, 0.25) is 0 Å². The predicted molar refractivity (Wildman–Crippen MR) is 126 cm³/mol. The lowest BCUT2D eigenvalue weighted by Gasteiger charge is -2.17. The first kappa shape index (κ1) is 22.5. The summed E-state index contributed by atoms with van der Waals surface area (Å²) in [6.07, 6.45) is 6.16. The number of aryl methyl sites for hydroxylation is 2. The summed E-state index contributed by atoms with van der Waals surface area (Å²) >= 11 is 0. The smallest absolute Gasteiger partial charge is 0.342 e. The molecule has 2 aromatic rings. The van der Waals surface area contributed by atoms with Gasteiger partial charge >= 0.3 is 6.03 Å². The van der Waals surface area contributed by atoms with E-state index < -0.39 is 15.9 Å². The Morgan fingerprint density at radius 1 is 1.06 bits per heavy atom. The number of nitrogens with zero attached hydrogens (tertiary/aromatic N) is 2. The summed E-state index contributed by atoms with van der Waals surface area (Å²) in [7, 11) is 0.0683. The minimum Gasteiger partial charge on any atom is -0.342 e. The number of hydrogen-bond acceptors (Lipinski definition) is 3. The van der Waals surface area contributed by atoms with Gasteiger partial charge in [0.2, 0.25) is 5.91 Å². The Bertz CT molecular complexity index is 1170. The van der Waals surface area contributed by atoms with E-state index in [2.05, 4.69) is 20.5 Å². The largest absolute Gasteiger partial charge is 0.354 e. The third-order valence-electron chi connectivity index (χ3n) is 6.37. The van der Waals surface area contributed by atoms with Crippen LogP contribution >= 0.6 is 0 Å². The monoisotopic (exact) mass is 454 g/mol. The van der Waals surface area contributed by atoms with Gasteiger partial charge in [-0.2, -0.15) is 0 Å². The summed E-state index contributed by atoms with van der Waals surface area (Å²) in [5.74, 6) is -0.0586. The fourth-order valence-electron chi connectivity index (χ4n) is 4.63. The van der Waals surface area contributed by atoms with E-state index in [0.29, 0.717) is 11.4 Å². The van der Waals surface area contributed by atoms with Gasteiger partial charge in [0.25, 0.3) is 0 Å². The Kier molecular flexibility index (Phi) is 6.35. The second kappa shape index (κ2) is 9.03. The summed E-state index contributed by atoms with van der Waals surface area (Å²) in [6, 6.07) is 8.73. The maximum absolute atomic E-state index is 13.6. The van der Waals surface area contributed by atoms with E-state index in [1.54, 1.807) is 30.1 Å². The Morgan fingerprint density at radius 2 is 1.72 bits per heavy atom. The molecule has 8 heteroatoms. The van der Waals surface area contributed by atoms with Crippen LogP contribution in [0.1, 0.15) is 47.6 Å². The van der Waals surface area contributed by atoms with Crippen LogP contribution in [0.15, 0.2) is 39.6 Å². The molecule has 7 nitrogen and oxygen atoms in total. The van der Waals surface area contributed by atoms with Crippen molar-refractivity contribution < 1.29 is 13.8 Å². The van der Waals surface area contributed by atoms with Crippen LogP contribution in [0.25, 0.3) is 0 Å². The van der Waals surface area contributed by atoms with Crippen LogP contribution < -0.4 is 10.0 Å². The number of rotatable bonds is 5. The molecule has 2 aromatic carbocycles. The van der Waals surface area contributed by atoms with Gasteiger partial charge in [-0.3, -0.25) is 4.79 Å². The summed E-state index contributed by atoms with van der Waals surface area (Å²) in [4.78, 5) is 26.5. The molecule has 0 saturated carbocycles. The lowest BCUT2D eigenvalue weighted by Crippen LogP contribution is -2.24. The Labute approximate surface area is 189 Å². The Morgan fingerprint density at radius 3 is 2.31 bits per heavy atom. The molecule has 3 amide bonds. The molecule has 0 aromatic heterocycles. The van der Waals surface area contributed by atoms with Crippen LogP contribution in [-0.2, 0) is 46.9 Å². The number of anilines is 1. The van der Waals surface area contributed by atoms with Gasteiger partial charge in [-0.25, -0.2) is 13.7 Å². The van der Waals surface area contributed by atoms with Crippen molar-refractivity contribution in [3.8, 4) is 0 Å². The first-order valence-electron chi connectivity index (χ1n) is 11.0. The fraction of sp³-hybridized carbons (Fsp3) is 0.417. The zero-order valence-corrected chi connectivity index (χ0v) is 19.7. The molecule has 2 aliphatic rings. The standard InChI is InChI=1S/C24H30N4O3S/c1-16(29)28(3)15-17-7-4-10-20(13-17)32(31,25-2)27-24(30)26-23-21-11-5-8-18(21)14-19-9-6-12-22(19)23/h4,7,10,13-14H,5-6,8-9,11-12,15H2,1-3H3,(H2,25,26,27,30,31). The summed E-state index contributed by atoms with van der Waals surface area (Å²) in [5.41, 5.74) is 6.75. The van der Waals surface area contributed by atoms with Gasteiger partial charge < -0.3 is 10.2 Å².